The predicted molar refractivity (Wildman–Crippen MR) is 31.4 cm³/mol. The van der Waals surface area contributed by atoms with Crippen molar-refractivity contribution >= 4 is 26.1 Å². The average Bonchev–Trinajstić information content (AvgIpc) is 1.59. The highest BCUT2D eigenvalue weighted by molar-refractivity contribution is 7.81. The maximum Gasteiger partial charge on any atom is 0.397 e. The first-order chi connectivity index (χ1) is 4.42. The van der Waals surface area contributed by atoms with E-state index in [0.717, 1.165) is 0 Å². The Balaban J connectivity index is 3.93. The van der Waals surface area contributed by atoms with E-state index in [1.54, 1.807) is 5.37 Å². The maximum absolute atomic E-state index is 9.71. The SMILES string of the molecule is O=S(=O)=[C]COS(=O)(=O)O. The van der Waals surface area contributed by atoms with Gasteiger partial charge < -0.3 is 0 Å². The number of hydrogen-bond acceptors (Lipinski definition) is 5. The van der Waals surface area contributed by atoms with Crippen molar-refractivity contribution in [2.45, 2.75) is 0 Å². The fourth-order valence-electron chi connectivity index (χ4n) is 0.147. The molecule has 0 amide bonds. The lowest BCUT2D eigenvalue weighted by molar-refractivity contribution is 0.307. The summed E-state index contributed by atoms with van der Waals surface area (Å²) in [5.41, 5.74) is 0. The van der Waals surface area contributed by atoms with Crippen molar-refractivity contribution in [3.8, 4) is 0 Å². The van der Waals surface area contributed by atoms with Crippen molar-refractivity contribution in [2.24, 2.45) is 0 Å². The molecular formula is C2H3O6S2. The van der Waals surface area contributed by atoms with Gasteiger partial charge in [0, 0.05) is 0 Å². The van der Waals surface area contributed by atoms with Crippen LogP contribution < -0.4 is 0 Å². The molecule has 10 heavy (non-hydrogen) atoms. The summed E-state index contributed by atoms with van der Waals surface area (Å²) < 4.78 is 50.0. The fourth-order valence-corrected chi connectivity index (χ4v) is 0.584. The van der Waals surface area contributed by atoms with E-state index in [1.165, 1.54) is 0 Å². The third kappa shape index (κ3) is 7.56. The lowest BCUT2D eigenvalue weighted by atomic mass is 10.9. The van der Waals surface area contributed by atoms with Crippen molar-refractivity contribution in [3.05, 3.63) is 0 Å². The minimum absolute atomic E-state index is 0.811. The van der Waals surface area contributed by atoms with Gasteiger partial charge in [-0.3, -0.25) is 4.55 Å². The van der Waals surface area contributed by atoms with Crippen LogP contribution in [0.4, 0.5) is 0 Å². The molecular weight excluding hydrogens is 184 g/mol. The van der Waals surface area contributed by atoms with E-state index in [9.17, 15) is 16.8 Å². The summed E-state index contributed by atoms with van der Waals surface area (Å²) in [6.45, 7) is -0.811. The first-order valence-electron chi connectivity index (χ1n) is 1.86. The largest absolute Gasteiger partial charge is 0.397 e. The van der Waals surface area contributed by atoms with Gasteiger partial charge in [0.15, 0.2) is 0 Å². The molecule has 0 heterocycles. The Morgan fingerprint density at radius 2 is 2.00 bits per heavy atom. The molecule has 0 aliphatic rings. The maximum atomic E-state index is 9.71. The topological polar surface area (TPSA) is 97.7 Å². The van der Waals surface area contributed by atoms with Gasteiger partial charge in [-0.15, -0.1) is 0 Å². The molecule has 0 aliphatic carbocycles. The van der Waals surface area contributed by atoms with Crippen LogP contribution in [-0.2, 0) is 24.9 Å². The standard InChI is InChI=1S/C2H3O6S2/c3-9(4)2-1-8-10(5,6)7/h1H2,(H,5,6,7). The van der Waals surface area contributed by atoms with E-state index >= 15 is 0 Å². The third-order valence-electron chi connectivity index (χ3n) is 0.385. The van der Waals surface area contributed by atoms with Crippen LogP contribution in [0.2, 0.25) is 0 Å². The molecule has 0 bridgehead atoms. The van der Waals surface area contributed by atoms with E-state index in [2.05, 4.69) is 4.18 Å². The predicted octanol–water partition coefficient (Wildman–Crippen LogP) is -1.64. The minimum Gasteiger partial charge on any atom is -0.264 e. The Bertz CT molecular complexity index is 298. The Hall–Kier alpha value is -0.440. The molecule has 1 N–H and O–H groups in total. The zero-order valence-electron chi connectivity index (χ0n) is 4.51. The molecule has 0 atom stereocenters. The van der Waals surface area contributed by atoms with Crippen LogP contribution in [0.15, 0.2) is 0 Å². The van der Waals surface area contributed by atoms with Gasteiger partial charge in [0.05, 0.1) is 0 Å². The van der Waals surface area contributed by atoms with Crippen LogP contribution in [0.3, 0.4) is 0 Å². The number of hydrogen-bond donors (Lipinski definition) is 1. The van der Waals surface area contributed by atoms with Crippen LogP contribution >= 0.6 is 0 Å². The van der Waals surface area contributed by atoms with Crippen molar-refractivity contribution in [3.63, 3.8) is 0 Å². The van der Waals surface area contributed by atoms with Crippen molar-refractivity contribution < 1.29 is 25.6 Å². The third-order valence-corrected chi connectivity index (χ3v) is 1.15. The highest BCUT2D eigenvalue weighted by Gasteiger charge is 2.00. The van der Waals surface area contributed by atoms with E-state index in [4.69, 9.17) is 4.55 Å². The first kappa shape index (κ1) is 9.56. The molecule has 0 aromatic rings. The summed E-state index contributed by atoms with van der Waals surface area (Å²) >= 11 is 0. The summed E-state index contributed by atoms with van der Waals surface area (Å²) in [5, 5.41) is 1.56. The molecule has 0 rings (SSSR count). The first-order valence-corrected chi connectivity index (χ1v) is 4.30. The lowest BCUT2D eigenvalue weighted by Crippen LogP contribution is -2.05. The average molecular weight is 187 g/mol. The highest BCUT2D eigenvalue weighted by Crippen LogP contribution is 1.81. The quantitative estimate of drug-likeness (QED) is 0.420. The minimum atomic E-state index is -4.56. The van der Waals surface area contributed by atoms with E-state index in [-0.39, 0.29) is 0 Å². The van der Waals surface area contributed by atoms with Gasteiger partial charge >= 0.3 is 10.4 Å². The van der Waals surface area contributed by atoms with Gasteiger partial charge in [0.1, 0.15) is 12.0 Å². The van der Waals surface area contributed by atoms with Gasteiger partial charge in [-0.2, -0.15) is 16.8 Å². The second-order valence-electron chi connectivity index (χ2n) is 1.07. The van der Waals surface area contributed by atoms with Gasteiger partial charge in [-0.05, 0) is 0 Å². The molecule has 59 valence electrons. The van der Waals surface area contributed by atoms with E-state index in [1.807, 2.05) is 0 Å². The Kier molecular flexibility index (Phi) is 3.50. The van der Waals surface area contributed by atoms with Crippen molar-refractivity contribution in [1.29, 1.82) is 0 Å². The molecule has 1 radical (unpaired) electrons. The van der Waals surface area contributed by atoms with Gasteiger partial charge in [0.2, 0.25) is 10.3 Å². The molecule has 0 saturated heterocycles. The molecule has 0 aliphatic heterocycles. The van der Waals surface area contributed by atoms with Gasteiger partial charge in [-0.25, -0.2) is 4.18 Å². The Labute approximate surface area is 58.9 Å². The van der Waals surface area contributed by atoms with Crippen LogP contribution in [-0.4, -0.2) is 33.4 Å². The molecule has 0 fully saturated rings. The monoisotopic (exact) mass is 187 g/mol. The summed E-state index contributed by atoms with van der Waals surface area (Å²) in [7, 11) is -7.16. The zero-order chi connectivity index (χ0) is 8.20. The molecule has 6 nitrogen and oxygen atoms in total. The van der Waals surface area contributed by atoms with E-state index < -0.39 is 27.3 Å². The molecule has 0 unspecified atom stereocenters. The molecule has 0 aromatic carbocycles. The van der Waals surface area contributed by atoms with E-state index in [0.29, 0.717) is 0 Å². The van der Waals surface area contributed by atoms with Crippen molar-refractivity contribution in [1.82, 2.24) is 0 Å². The van der Waals surface area contributed by atoms with Crippen LogP contribution in [0.5, 0.6) is 0 Å². The normalized spacial score (nSPS) is 10.9. The van der Waals surface area contributed by atoms with Gasteiger partial charge in [-0.1, -0.05) is 0 Å². The van der Waals surface area contributed by atoms with Crippen molar-refractivity contribution in [2.75, 3.05) is 6.61 Å². The van der Waals surface area contributed by atoms with Crippen LogP contribution in [0, 0.1) is 0 Å². The zero-order valence-corrected chi connectivity index (χ0v) is 6.15. The molecule has 0 aromatic heterocycles. The van der Waals surface area contributed by atoms with Crippen LogP contribution in [0.25, 0.3) is 0 Å². The highest BCUT2D eigenvalue weighted by atomic mass is 32.3. The summed E-state index contributed by atoms with van der Waals surface area (Å²) in [6, 6.07) is 0. The lowest BCUT2D eigenvalue weighted by Gasteiger charge is -1.88. The molecule has 0 spiro atoms. The van der Waals surface area contributed by atoms with Crippen LogP contribution in [0.1, 0.15) is 0 Å². The van der Waals surface area contributed by atoms with Gasteiger partial charge in [0.25, 0.3) is 0 Å². The molecule has 0 saturated carbocycles. The fraction of sp³-hybridized carbons (Fsp3) is 0.500. The summed E-state index contributed by atoms with van der Waals surface area (Å²) in [4.78, 5) is 0. The number of rotatable bonds is 3. The second-order valence-corrected chi connectivity index (χ2v) is 2.92. The Morgan fingerprint density at radius 1 is 1.50 bits per heavy atom. The summed E-state index contributed by atoms with van der Waals surface area (Å²) in [6.07, 6.45) is 0. The molecule has 8 heteroatoms. The smallest absolute Gasteiger partial charge is 0.264 e. The second kappa shape index (κ2) is 3.66. The Morgan fingerprint density at radius 3 is 2.30 bits per heavy atom. The summed E-state index contributed by atoms with van der Waals surface area (Å²) in [5.74, 6) is 0.